The third-order valence-corrected chi connectivity index (χ3v) is 6.33. The van der Waals surface area contributed by atoms with Crippen molar-refractivity contribution in [1.29, 1.82) is 0 Å². The number of fused-ring (bicyclic) bond motifs is 2. The summed E-state index contributed by atoms with van der Waals surface area (Å²) < 4.78 is 0. The molecule has 0 aromatic heterocycles. The molecule has 0 radical (unpaired) electrons. The van der Waals surface area contributed by atoms with E-state index in [4.69, 9.17) is 11.6 Å². The molecular formula is C24H23ClO2. The maximum absolute atomic E-state index is 13.2. The van der Waals surface area contributed by atoms with Crippen molar-refractivity contribution in [3.05, 3.63) is 63.7 Å². The van der Waals surface area contributed by atoms with Crippen LogP contribution in [0.1, 0.15) is 44.4 Å². The van der Waals surface area contributed by atoms with Gasteiger partial charge < -0.3 is 0 Å². The number of hydrogen-bond donors (Lipinski definition) is 0. The van der Waals surface area contributed by atoms with Crippen molar-refractivity contribution in [2.75, 3.05) is 0 Å². The Morgan fingerprint density at radius 3 is 2.26 bits per heavy atom. The number of Topliss-reactive ketones (excluding diaryl/α,β-unsaturated/α-hetero) is 2. The van der Waals surface area contributed by atoms with Crippen LogP contribution in [0.4, 0.5) is 0 Å². The van der Waals surface area contributed by atoms with Gasteiger partial charge in [-0.25, -0.2) is 0 Å². The van der Waals surface area contributed by atoms with Crippen LogP contribution >= 0.6 is 11.6 Å². The summed E-state index contributed by atoms with van der Waals surface area (Å²) >= 11 is 6.24. The first-order chi connectivity index (χ1) is 12.5. The minimum absolute atomic E-state index is 0.0113. The molecule has 0 atom stereocenters. The zero-order valence-corrected chi connectivity index (χ0v) is 17.1. The summed E-state index contributed by atoms with van der Waals surface area (Å²) in [6.45, 7) is 9.43. The van der Waals surface area contributed by atoms with E-state index in [1.165, 1.54) is 0 Å². The number of ketones is 2. The fraction of sp³-hybridized carbons (Fsp3) is 0.333. The average Bonchev–Trinajstić information content (AvgIpc) is 2.98. The van der Waals surface area contributed by atoms with E-state index in [2.05, 4.69) is 24.3 Å². The Morgan fingerprint density at radius 1 is 0.889 bits per heavy atom. The van der Waals surface area contributed by atoms with Gasteiger partial charge in [-0.3, -0.25) is 9.59 Å². The molecule has 2 aromatic carbocycles. The van der Waals surface area contributed by atoms with Crippen LogP contribution in [0, 0.1) is 17.8 Å². The lowest BCUT2D eigenvalue weighted by atomic mass is 9.61. The van der Waals surface area contributed by atoms with E-state index in [0.29, 0.717) is 11.4 Å². The fourth-order valence-corrected chi connectivity index (χ4v) is 4.90. The zero-order chi connectivity index (χ0) is 19.7. The summed E-state index contributed by atoms with van der Waals surface area (Å²) in [5.41, 5.74) is 5.35. The van der Waals surface area contributed by atoms with Gasteiger partial charge in [-0.15, -0.1) is 0 Å². The minimum atomic E-state index is -0.993. The number of allylic oxidation sites excluding steroid dienone is 2. The molecule has 2 aromatic rings. The van der Waals surface area contributed by atoms with E-state index in [1.807, 2.05) is 32.9 Å². The van der Waals surface area contributed by atoms with Crippen molar-refractivity contribution < 1.29 is 9.59 Å². The Balaban J connectivity index is 1.92. The second-order valence-corrected chi connectivity index (χ2v) is 9.26. The number of carbonyl (C=O) groups excluding carboxylic acids is 2. The molecule has 0 N–H and O–H groups in total. The molecule has 27 heavy (non-hydrogen) atoms. The Morgan fingerprint density at radius 2 is 1.59 bits per heavy atom. The van der Waals surface area contributed by atoms with Gasteiger partial charge in [0.2, 0.25) is 0 Å². The highest BCUT2D eigenvalue weighted by Crippen LogP contribution is 2.52. The standard InChI is InChI=1S/C24H23ClO2/c1-13-8-16(10-17(25)9-13)14-6-7-15-12-19-20(18(15)11-14)21(26)24(4,5)22(27)23(19,2)3/h6-11H,12H2,1-5H3. The van der Waals surface area contributed by atoms with Crippen molar-refractivity contribution in [1.82, 2.24) is 0 Å². The maximum Gasteiger partial charge on any atom is 0.176 e. The van der Waals surface area contributed by atoms with Gasteiger partial charge in [0.1, 0.15) is 0 Å². The second-order valence-electron chi connectivity index (χ2n) is 8.83. The molecule has 138 valence electrons. The predicted molar refractivity (Wildman–Crippen MR) is 110 cm³/mol. The normalized spacial score (nSPS) is 19.9. The highest BCUT2D eigenvalue weighted by molar-refractivity contribution is 6.35. The predicted octanol–water partition coefficient (Wildman–Crippen LogP) is 5.83. The molecule has 2 aliphatic carbocycles. The average molecular weight is 379 g/mol. The SMILES string of the molecule is Cc1cc(Cl)cc(-c2ccc3c(c2)C2=C(C3)C(C)(C)C(=O)C(C)(C)C2=O)c1. The van der Waals surface area contributed by atoms with Crippen LogP contribution in [0.15, 0.2) is 42.0 Å². The van der Waals surface area contributed by atoms with Crippen molar-refractivity contribution >= 4 is 28.7 Å². The highest BCUT2D eigenvalue weighted by Gasteiger charge is 2.54. The quantitative estimate of drug-likeness (QED) is 0.585. The molecule has 3 heteroatoms. The summed E-state index contributed by atoms with van der Waals surface area (Å²) in [4.78, 5) is 26.2. The van der Waals surface area contributed by atoms with Gasteiger partial charge in [-0.05, 0) is 92.6 Å². The summed E-state index contributed by atoms with van der Waals surface area (Å²) in [6.07, 6.45) is 0.667. The summed E-state index contributed by atoms with van der Waals surface area (Å²) in [6, 6.07) is 12.2. The van der Waals surface area contributed by atoms with Gasteiger partial charge in [0.25, 0.3) is 0 Å². The summed E-state index contributed by atoms with van der Waals surface area (Å²) in [5.74, 6) is -0.0442. The molecule has 0 heterocycles. The van der Waals surface area contributed by atoms with Crippen molar-refractivity contribution in [2.24, 2.45) is 10.8 Å². The zero-order valence-electron chi connectivity index (χ0n) is 16.4. The molecule has 0 aliphatic heterocycles. The molecule has 0 saturated heterocycles. The number of carbonyl (C=O) groups is 2. The van der Waals surface area contributed by atoms with Gasteiger partial charge in [0.15, 0.2) is 11.6 Å². The molecule has 0 bridgehead atoms. The van der Waals surface area contributed by atoms with E-state index in [-0.39, 0.29) is 11.6 Å². The first-order valence-electron chi connectivity index (χ1n) is 9.27. The molecule has 0 fully saturated rings. The van der Waals surface area contributed by atoms with Gasteiger partial charge in [-0.2, -0.15) is 0 Å². The lowest BCUT2D eigenvalue weighted by Gasteiger charge is -2.39. The van der Waals surface area contributed by atoms with Gasteiger partial charge in [0, 0.05) is 16.0 Å². The number of rotatable bonds is 1. The smallest absolute Gasteiger partial charge is 0.176 e. The van der Waals surface area contributed by atoms with Crippen LogP contribution < -0.4 is 0 Å². The molecule has 4 rings (SSSR count). The van der Waals surface area contributed by atoms with Crippen molar-refractivity contribution in [3.8, 4) is 11.1 Å². The fourth-order valence-electron chi connectivity index (χ4n) is 4.61. The topological polar surface area (TPSA) is 34.1 Å². The Hall–Kier alpha value is -2.19. The number of hydrogen-bond acceptors (Lipinski definition) is 2. The Labute approximate surface area is 165 Å². The number of benzene rings is 2. The molecule has 2 aliphatic rings. The Bertz CT molecular complexity index is 1030. The summed E-state index contributed by atoms with van der Waals surface area (Å²) in [5, 5.41) is 0.701. The van der Waals surface area contributed by atoms with Crippen LogP contribution in [0.3, 0.4) is 0 Å². The molecule has 0 unspecified atom stereocenters. The maximum atomic E-state index is 13.2. The third-order valence-electron chi connectivity index (χ3n) is 6.11. The van der Waals surface area contributed by atoms with Crippen LogP contribution in [-0.4, -0.2) is 11.6 Å². The molecule has 0 spiro atoms. The summed E-state index contributed by atoms with van der Waals surface area (Å²) in [7, 11) is 0. The third kappa shape index (κ3) is 2.54. The monoisotopic (exact) mass is 378 g/mol. The number of halogens is 1. The van der Waals surface area contributed by atoms with E-state index in [1.54, 1.807) is 13.8 Å². The number of aryl methyl sites for hydroxylation is 1. The van der Waals surface area contributed by atoms with E-state index < -0.39 is 10.8 Å². The molecule has 2 nitrogen and oxygen atoms in total. The van der Waals surface area contributed by atoms with Gasteiger partial charge >= 0.3 is 0 Å². The van der Waals surface area contributed by atoms with Crippen LogP contribution in [0.2, 0.25) is 5.02 Å². The van der Waals surface area contributed by atoms with Gasteiger partial charge in [-0.1, -0.05) is 29.8 Å². The molecule has 0 saturated carbocycles. The van der Waals surface area contributed by atoms with Crippen LogP contribution in [0.25, 0.3) is 16.7 Å². The van der Waals surface area contributed by atoms with Crippen molar-refractivity contribution in [2.45, 2.75) is 41.0 Å². The van der Waals surface area contributed by atoms with Gasteiger partial charge in [0.05, 0.1) is 5.41 Å². The van der Waals surface area contributed by atoms with E-state index >= 15 is 0 Å². The molecule has 0 amide bonds. The first-order valence-corrected chi connectivity index (χ1v) is 9.65. The lowest BCUT2D eigenvalue weighted by molar-refractivity contribution is -0.141. The van der Waals surface area contributed by atoms with E-state index in [9.17, 15) is 9.59 Å². The first kappa shape index (κ1) is 18.2. The lowest BCUT2D eigenvalue weighted by Crippen LogP contribution is -2.47. The Kier molecular flexibility index (Phi) is 3.81. The molecular weight excluding hydrogens is 356 g/mol. The minimum Gasteiger partial charge on any atom is -0.298 e. The van der Waals surface area contributed by atoms with E-state index in [0.717, 1.165) is 39.0 Å². The van der Waals surface area contributed by atoms with Crippen LogP contribution in [0.5, 0.6) is 0 Å². The largest absolute Gasteiger partial charge is 0.298 e. The highest BCUT2D eigenvalue weighted by atomic mass is 35.5. The second kappa shape index (κ2) is 5.65. The van der Waals surface area contributed by atoms with Crippen molar-refractivity contribution in [3.63, 3.8) is 0 Å². The van der Waals surface area contributed by atoms with Crippen LogP contribution in [-0.2, 0) is 16.0 Å².